The molecule has 0 saturated carbocycles. The van der Waals surface area contributed by atoms with E-state index in [1.807, 2.05) is 30.3 Å². The predicted octanol–water partition coefficient (Wildman–Crippen LogP) is 0.774. The van der Waals surface area contributed by atoms with Crippen LogP contribution in [0.5, 0.6) is 5.75 Å². The zero-order chi connectivity index (χ0) is 39.4. The highest BCUT2D eigenvalue weighted by atomic mass is 16.5. The van der Waals surface area contributed by atoms with E-state index in [1.165, 1.54) is 26.0 Å². The summed E-state index contributed by atoms with van der Waals surface area (Å²) in [6, 6.07) is 11.8. The number of hydrogen-bond acceptors (Lipinski definition) is 8. The van der Waals surface area contributed by atoms with E-state index in [0.717, 1.165) is 5.56 Å². The molecule has 2 aliphatic heterocycles. The summed E-state index contributed by atoms with van der Waals surface area (Å²) in [4.78, 5) is 96.6. The molecule has 5 N–H and O–H groups in total. The third-order valence-electron chi connectivity index (χ3n) is 9.75. The molecule has 2 aromatic carbocycles. The van der Waals surface area contributed by atoms with Gasteiger partial charge >= 0.3 is 0 Å². The average molecular weight is 748 g/mol. The third-order valence-corrected chi connectivity index (χ3v) is 9.75. The van der Waals surface area contributed by atoms with Gasteiger partial charge in [-0.2, -0.15) is 0 Å². The standard InChI is InChI=1S/C39H53N7O8/c1-24(2)33-37(51)41-25(3)34(48)43-31(21-26-11-7-6-8-12-26)39(53)45(4)23-32(47)40-18-10-15-30(36(50)44-33)42-35(49)27-16-19-46(20-17-27)38(52)28-13-9-14-29(22-28)54-5/h6-9,11-14,22,24-25,27,30-31,33H,10,15-21,23H2,1-5H3,(H,40,47)(H,41,51)(H,42,49)(H,43,48)(H,44,50)/t25-,30+,31+,33-/m1/s1. The van der Waals surface area contributed by atoms with Crippen molar-refractivity contribution < 1.29 is 38.3 Å². The number of benzene rings is 2. The van der Waals surface area contributed by atoms with Crippen LogP contribution in [-0.4, -0.2) is 116 Å². The first-order valence-electron chi connectivity index (χ1n) is 18.5. The molecule has 292 valence electrons. The minimum Gasteiger partial charge on any atom is -0.497 e. The van der Waals surface area contributed by atoms with Gasteiger partial charge in [0.25, 0.3) is 5.91 Å². The summed E-state index contributed by atoms with van der Waals surface area (Å²) in [5.41, 5.74) is 1.28. The number of likely N-dealkylation sites (N-methyl/N-ethyl adjacent to an activating group) is 1. The molecule has 2 heterocycles. The summed E-state index contributed by atoms with van der Waals surface area (Å²) in [6.07, 6.45) is 1.39. The van der Waals surface area contributed by atoms with Crippen molar-refractivity contribution >= 4 is 41.4 Å². The Morgan fingerprint density at radius 2 is 1.59 bits per heavy atom. The monoisotopic (exact) mass is 747 g/mol. The Labute approximate surface area is 316 Å². The Morgan fingerprint density at radius 3 is 2.26 bits per heavy atom. The lowest BCUT2D eigenvalue weighted by atomic mass is 9.94. The van der Waals surface area contributed by atoms with E-state index in [2.05, 4.69) is 26.6 Å². The normalized spacial score (nSPS) is 23.0. The van der Waals surface area contributed by atoms with Crippen LogP contribution in [0.3, 0.4) is 0 Å². The zero-order valence-corrected chi connectivity index (χ0v) is 31.7. The molecule has 0 radical (unpaired) electrons. The van der Waals surface area contributed by atoms with E-state index >= 15 is 0 Å². The molecular formula is C39H53N7O8. The average Bonchev–Trinajstić information content (AvgIpc) is 3.16. The van der Waals surface area contributed by atoms with Crippen LogP contribution in [0.1, 0.15) is 62.4 Å². The lowest BCUT2D eigenvalue weighted by Gasteiger charge is -2.32. The van der Waals surface area contributed by atoms with Crippen molar-refractivity contribution in [3.8, 4) is 5.75 Å². The van der Waals surface area contributed by atoms with Gasteiger partial charge in [0, 0.05) is 44.6 Å². The Hall–Kier alpha value is -5.47. The fourth-order valence-corrected chi connectivity index (χ4v) is 6.50. The number of likely N-dealkylation sites (tertiary alicyclic amines) is 1. The van der Waals surface area contributed by atoms with Crippen LogP contribution in [0.4, 0.5) is 0 Å². The molecule has 0 bridgehead atoms. The number of amides is 7. The Balaban J connectivity index is 1.46. The van der Waals surface area contributed by atoms with Gasteiger partial charge in [0.2, 0.25) is 35.4 Å². The third kappa shape index (κ3) is 11.5. The van der Waals surface area contributed by atoms with E-state index in [0.29, 0.717) is 43.7 Å². The van der Waals surface area contributed by atoms with Gasteiger partial charge in [-0.3, -0.25) is 33.6 Å². The second-order valence-corrected chi connectivity index (χ2v) is 14.3. The van der Waals surface area contributed by atoms with Gasteiger partial charge in [-0.1, -0.05) is 50.2 Å². The SMILES string of the molecule is COc1cccc(C(=O)N2CCC(C(=O)N[C@H]3CCCNC(=O)CN(C)C(=O)[C@H](Cc4ccccc4)NC(=O)[C@@H](C)NC(=O)[C@@H](C(C)C)NC3=O)CC2)c1. The second kappa shape index (κ2) is 19.6. The molecule has 2 fully saturated rings. The molecule has 0 aliphatic carbocycles. The molecule has 0 spiro atoms. The summed E-state index contributed by atoms with van der Waals surface area (Å²) < 4.78 is 5.24. The zero-order valence-electron chi connectivity index (χ0n) is 31.7. The van der Waals surface area contributed by atoms with Crippen LogP contribution in [0.25, 0.3) is 0 Å². The van der Waals surface area contributed by atoms with Crippen LogP contribution >= 0.6 is 0 Å². The van der Waals surface area contributed by atoms with Crippen molar-refractivity contribution in [3.63, 3.8) is 0 Å². The largest absolute Gasteiger partial charge is 0.497 e. The highest BCUT2D eigenvalue weighted by molar-refractivity contribution is 5.97. The molecule has 2 saturated heterocycles. The number of piperidine rings is 1. The first-order valence-corrected chi connectivity index (χ1v) is 18.5. The van der Waals surface area contributed by atoms with E-state index in [4.69, 9.17) is 4.74 Å². The number of hydrogen-bond donors (Lipinski definition) is 5. The molecule has 4 atom stereocenters. The fourth-order valence-electron chi connectivity index (χ4n) is 6.50. The molecule has 0 aromatic heterocycles. The summed E-state index contributed by atoms with van der Waals surface area (Å²) in [6.45, 7) is 5.54. The number of ether oxygens (including phenoxy) is 1. The Morgan fingerprint density at radius 1 is 0.889 bits per heavy atom. The van der Waals surface area contributed by atoms with Gasteiger partial charge in [-0.25, -0.2) is 0 Å². The minimum atomic E-state index is -1.08. The van der Waals surface area contributed by atoms with E-state index < -0.39 is 65.5 Å². The molecule has 2 aliphatic rings. The van der Waals surface area contributed by atoms with Crippen LogP contribution in [-0.2, 0) is 35.2 Å². The smallest absolute Gasteiger partial charge is 0.253 e. The molecule has 15 nitrogen and oxygen atoms in total. The van der Waals surface area contributed by atoms with Crippen molar-refractivity contribution in [1.29, 1.82) is 0 Å². The number of rotatable bonds is 7. The fraction of sp³-hybridized carbons (Fsp3) is 0.513. The highest BCUT2D eigenvalue weighted by Crippen LogP contribution is 2.22. The number of nitrogens with zero attached hydrogens (tertiary/aromatic N) is 2. The van der Waals surface area contributed by atoms with Gasteiger partial charge in [0.1, 0.15) is 29.9 Å². The summed E-state index contributed by atoms with van der Waals surface area (Å²) in [5, 5.41) is 13.8. The number of methoxy groups -OCH3 is 1. The van der Waals surface area contributed by atoms with Crippen molar-refractivity contribution in [2.75, 3.05) is 40.3 Å². The predicted molar refractivity (Wildman–Crippen MR) is 200 cm³/mol. The van der Waals surface area contributed by atoms with E-state index in [9.17, 15) is 33.6 Å². The number of nitrogens with one attached hydrogen (secondary N) is 5. The van der Waals surface area contributed by atoms with Crippen LogP contribution in [0.2, 0.25) is 0 Å². The second-order valence-electron chi connectivity index (χ2n) is 14.3. The first-order chi connectivity index (χ1) is 25.8. The summed E-state index contributed by atoms with van der Waals surface area (Å²) in [7, 11) is 3.00. The molecule has 4 rings (SSSR count). The van der Waals surface area contributed by atoms with Gasteiger partial charge in [0.05, 0.1) is 13.7 Å². The Kier molecular flexibility index (Phi) is 15.0. The van der Waals surface area contributed by atoms with Gasteiger partial charge < -0.3 is 41.1 Å². The first kappa shape index (κ1) is 41.3. The minimum absolute atomic E-state index is 0.143. The summed E-state index contributed by atoms with van der Waals surface area (Å²) >= 11 is 0. The number of carbonyl (C=O) groups excluding carboxylic acids is 7. The van der Waals surface area contributed by atoms with Gasteiger partial charge in [-0.15, -0.1) is 0 Å². The van der Waals surface area contributed by atoms with Gasteiger partial charge in [0.15, 0.2) is 0 Å². The van der Waals surface area contributed by atoms with Crippen molar-refractivity contribution in [2.24, 2.45) is 11.8 Å². The highest BCUT2D eigenvalue weighted by Gasteiger charge is 2.34. The molecule has 15 heteroatoms. The topological polar surface area (TPSA) is 195 Å². The van der Waals surface area contributed by atoms with Gasteiger partial charge in [-0.05, 0) is 62.3 Å². The Bertz CT molecular complexity index is 1660. The lowest BCUT2D eigenvalue weighted by molar-refractivity contribution is -0.139. The molecular weight excluding hydrogens is 694 g/mol. The van der Waals surface area contributed by atoms with Crippen molar-refractivity contribution in [3.05, 3.63) is 65.7 Å². The lowest BCUT2D eigenvalue weighted by Crippen LogP contribution is -2.59. The van der Waals surface area contributed by atoms with Crippen molar-refractivity contribution in [1.82, 2.24) is 36.4 Å². The molecule has 7 amide bonds. The van der Waals surface area contributed by atoms with Crippen LogP contribution in [0.15, 0.2) is 54.6 Å². The van der Waals surface area contributed by atoms with Crippen molar-refractivity contribution in [2.45, 2.75) is 77.0 Å². The molecule has 54 heavy (non-hydrogen) atoms. The molecule has 2 aromatic rings. The summed E-state index contributed by atoms with van der Waals surface area (Å²) in [5.74, 6) is -3.50. The van der Waals surface area contributed by atoms with E-state index in [1.54, 1.807) is 43.0 Å². The maximum absolute atomic E-state index is 13.8. The maximum atomic E-state index is 13.8. The quantitative estimate of drug-likeness (QED) is 0.274. The van der Waals surface area contributed by atoms with Crippen LogP contribution in [0, 0.1) is 11.8 Å². The maximum Gasteiger partial charge on any atom is 0.253 e. The molecule has 0 unspecified atom stereocenters. The van der Waals surface area contributed by atoms with Crippen LogP contribution < -0.4 is 31.3 Å². The van der Waals surface area contributed by atoms with E-state index in [-0.39, 0.29) is 37.7 Å². The number of carbonyl (C=O) groups is 7.